The highest BCUT2D eigenvalue weighted by Gasteiger charge is 2.15. The fraction of sp³-hybridized carbons (Fsp3) is 0.500. The van der Waals surface area contributed by atoms with E-state index in [9.17, 15) is 4.79 Å². The summed E-state index contributed by atoms with van der Waals surface area (Å²) >= 11 is 0. The van der Waals surface area contributed by atoms with E-state index in [1.165, 1.54) is 12.8 Å². The second kappa shape index (κ2) is 6.25. The van der Waals surface area contributed by atoms with Crippen molar-refractivity contribution in [2.75, 3.05) is 5.32 Å². The summed E-state index contributed by atoms with van der Waals surface area (Å²) in [6.07, 6.45) is 7.28. The summed E-state index contributed by atoms with van der Waals surface area (Å²) in [4.78, 5) is 25.1. The molecule has 0 saturated carbocycles. The molecule has 22 heavy (non-hydrogen) atoms. The molecular weight excluding hydrogens is 278 g/mol. The van der Waals surface area contributed by atoms with Gasteiger partial charge in [-0.05, 0) is 24.8 Å². The summed E-state index contributed by atoms with van der Waals surface area (Å²) in [5.74, 6) is 1.63. The lowest BCUT2D eigenvalue weighted by Gasteiger charge is -2.11. The van der Waals surface area contributed by atoms with Gasteiger partial charge in [0.2, 0.25) is 11.9 Å². The molecule has 2 aromatic heterocycles. The molecule has 0 atom stereocenters. The highest BCUT2D eigenvalue weighted by atomic mass is 16.1. The van der Waals surface area contributed by atoms with Crippen molar-refractivity contribution >= 4 is 11.9 Å². The summed E-state index contributed by atoms with van der Waals surface area (Å²) in [6.45, 7) is 5.12. The maximum atomic E-state index is 12.1. The Labute approximate surface area is 130 Å². The lowest BCUT2D eigenvalue weighted by Crippen LogP contribution is -2.17. The Hall–Kier alpha value is -2.24. The van der Waals surface area contributed by atoms with Gasteiger partial charge in [-0.1, -0.05) is 13.8 Å². The lowest BCUT2D eigenvalue weighted by atomic mass is 10.1. The number of carbonyl (C=O) groups is 1. The van der Waals surface area contributed by atoms with Crippen molar-refractivity contribution < 1.29 is 4.79 Å². The number of aryl methyl sites for hydroxylation is 2. The summed E-state index contributed by atoms with van der Waals surface area (Å²) in [6, 6.07) is 1.86. The molecule has 1 N–H and O–H groups in total. The predicted molar refractivity (Wildman–Crippen MR) is 83.6 cm³/mol. The standard InChI is InChI=1S/C16H21N5O/c1-11(2)13-6-7-17-16(19-13)20-15(22)9-12-10-21-8-4-3-5-14(21)18-12/h6-7,10-11H,3-5,8-9H2,1-2H3,(H,17,19,20,22). The zero-order valence-electron chi connectivity index (χ0n) is 13.0. The van der Waals surface area contributed by atoms with Gasteiger partial charge in [-0.15, -0.1) is 0 Å². The number of amides is 1. The first-order valence-electron chi connectivity index (χ1n) is 7.79. The third-order valence-electron chi connectivity index (χ3n) is 3.82. The van der Waals surface area contributed by atoms with Crippen molar-refractivity contribution in [2.45, 2.75) is 52.0 Å². The van der Waals surface area contributed by atoms with Crippen molar-refractivity contribution in [1.29, 1.82) is 0 Å². The Kier molecular flexibility index (Phi) is 4.18. The molecule has 2 aromatic rings. The van der Waals surface area contributed by atoms with E-state index in [0.29, 0.717) is 11.9 Å². The molecule has 0 aromatic carbocycles. The number of fused-ring (bicyclic) bond motifs is 1. The van der Waals surface area contributed by atoms with E-state index in [1.807, 2.05) is 12.3 Å². The minimum Gasteiger partial charge on any atom is -0.335 e. The van der Waals surface area contributed by atoms with Crippen molar-refractivity contribution in [3.8, 4) is 0 Å². The highest BCUT2D eigenvalue weighted by molar-refractivity contribution is 5.90. The topological polar surface area (TPSA) is 72.7 Å². The Bertz CT molecular complexity index is 653. The van der Waals surface area contributed by atoms with Crippen LogP contribution < -0.4 is 5.32 Å². The fourth-order valence-electron chi connectivity index (χ4n) is 2.64. The van der Waals surface area contributed by atoms with Gasteiger partial charge in [0.1, 0.15) is 5.82 Å². The number of nitrogens with zero attached hydrogens (tertiary/aromatic N) is 4. The van der Waals surface area contributed by atoms with Crippen molar-refractivity contribution in [3.63, 3.8) is 0 Å². The molecule has 1 aliphatic rings. The number of imidazole rings is 1. The van der Waals surface area contributed by atoms with Crippen LogP contribution in [0.15, 0.2) is 18.5 Å². The van der Waals surface area contributed by atoms with Gasteiger partial charge >= 0.3 is 0 Å². The van der Waals surface area contributed by atoms with E-state index >= 15 is 0 Å². The van der Waals surface area contributed by atoms with Gasteiger partial charge in [-0.25, -0.2) is 15.0 Å². The van der Waals surface area contributed by atoms with Crippen molar-refractivity contribution in [1.82, 2.24) is 19.5 Å². The minimum atomic E-state index is -0.128. The summed E-state index contributed by atoms with van der Waals surface area (Å²) in [5.41, 5.74) is 1.73. The maximum Gasteiger partial charge on any atom is 0.232 e. The van der Waals surface area contributed by atoms with Gasteiger partial charge in [0.15, 0.2) is 0 Å². The maximum absolute atomic E-state index is 12.1. The third-order valence-corrected chi connectivity index (χ3v) is 3.82. The fourth-order valence-corrected chi connectivity index (χ4v) is 2.64. The van der Waals surface area contributed by atoms with Crippen LogP contribution in [0.4, 0.5) is 5.95 Å². The number of hydrogen-bond donors (Lipinski definition) is 1. The van der Waals surface area contributed by atoms with E-state index in [2.05, 4.69) is 38.7 Å². The Balaban J connectivity index is 1.65. The number of aromatic nitrogens is 4. The molecule has 1 aliphatic heterocycles. The molecule has 6 nitrogen and oxygen atoms in total. The van der Waals surface area contributed by atoms with E-state index in [4.69, 9.17) is 0 Å². The van der Waals surface area contributed by atoms with Gasteiger partial charge in [-0.2, -0.15) is 0 Å². The molecule has 0 saturated heterocycles. The highest BCUT2D eigenvalue weighted by Crippen LogP contribution is 2.15. The number of nitrogens with one attached hydrogen (secondary N) is 1. The predicted octanol–water partition coefficient (Wildman–Crippen LogP) is 2.31. The Morgan fingerprint density at radius 2 is 2.23 bits per heavy atom. The smallest absolute Gasteiger partial charge is 0.232 e. The SMILES string of the molecule is CC(C)c1ccnc(NC(=O)Cc2cn3c(n2)CCCC3)n1. The largest absolute Gasteiger partial charge is 0.335 e. The van der Waals surface area contributed by atoms with Gasteiger partial charge < -0.3 is 4.57 Å². The second-order valence-electron chi connectivity index (χ2n) is 5.98. The zero-order chi connectivity index (χ0) is 15.5. The average Bonchev–Trinajstić information content (AvgIpc) is 2.89. The Morgan fingerprint density at radius 1 is 1.36 bits per heavy atom. The van der Waals surface area contributed by atoms with Gasteiger partial charge in [0.05, 0.1) is 12.1 Å². The molecule has 3 heterocycles. The average molecular weight is 299 g/mol. The minimum absolute atomic E-state index is 0.128. The van der Waals surface area contributed by atoms with E-state index < -0.39 is 0 Å². The van der Waals surface area contributed by atoms with Crippen LogP contribution in [-0.4, -0.2) is 25.4 Å². The number of anilines is 1. The van der Waals surface area contributed by atoms with Crippen molar-refractivity contribution in [2.24, 2.45) is 0 Å². The van der Waals surface area contributed by atoms with Crippen LogP contribution in [0.1, 0.15) is 49.8 Å². The number of rotatable bonds is 4. The van der Waals surface area contributed by atoms with Crippen LogP contribution >= 0.6 is 0 Å². The van der Waals surface area contributed by atoms with Crippen LogP contribution in [0.25, 0.3) is 0 Å². The van der Waals surface area contributed by atoms with E-state index in [1.54, 1.807) is 6.20 Å². The Morgan fingerprint density at radius 3 is 3.00 bits per heavy atom. The summed E-state index contributed by atoms with van der Waals surface area (Å²) in [7, 11) is 0. The molecular formula is C16H21N5O. The molecule has 6 heteroatoms. The monoisotopic (exact) mass is 299 g/mol. The molecule has 0 aliphatic carbocycles. The van der Waals surface area contributed by atoms with Crippen LogP contribution in [0.3, 0.4) is 0 Å². The lowest BCUT2D eigenvalue weighted by molar-refractivity contribution is -0.115. The van der Waals surface area contributed by atoms with E-state index in [-0.39, 0.29) is 12.3 Å². The van der Waals surface area contributed by atoms with E-state index in [0.717, 1.165) is 30.2 Å². The number of carbonyl (C=O) groups excluding carboxylic acids is 1. The molecule has 116 valence electrons. The summed E-state index contributed by atoms with van der Waals surface area (Å²) in [5, 5.41) is 2.76. The molecule has 0 fully saturated rings. The normalized spacial score (nSPS) is 14.0. The number of hydrogen-bond acceptors (Lipinski definition) is 4. The molecule has 1 amide bonds. The third kappa shape index (κ3) is 3.32. The first-order chi connectivity index (χ1) is 10.6. The zero-order valence-corrected chi connectivity index (χ0v) is 13.0. The van der Waals surface area contributed by atoms with Gasteiger partial charge in [0, 0.05) is 31.1 Å². The molecule has 0 radical (unpaired) electrons. The van der Waals surface area contributed by atoms with Crippen LogP contribution in [0.5, 0.6) is 0 Å². The van der Waals surface area contributed by atoms with Crippen molar-refractivity contribution in [3.05, 3.63) is 35.7 Å². The van der Waals surface area contributed by atoms with Crippen LogP contribution in [-0.2, 0) is 24.2 Å². The van der Waals surface area contributed by atoms with Gasteiger partial charge in [0.25, 0.3) is 0 Å². The van der Waals surface area contributed by atoms with Crippen LogP contribution in [0.2, 0.25) is 0 Å². The van der Waals surface area contributed by atoms with Crippen LogP contribution in [0, 0.1) is 0 Å². The summed E-state index contributed by atoms with van der Waals surface area (Å²) < 4.78 is 2.15. The first kappa shape index (κ1) is 14.7. The molecule has 0 spiro atoms. The quantitative estimate of drug-likeness (QED) is 0.940. The molecule has 0 unspecified atom stereocenters. The molecule has 3 rings (SSSR count). The molecule has 0 bridgehead atoms. The van der Waals surface area contributed by atoms with Gasteiger partial charge in [-0.3, -0.25) is 10.1 Å². The second-order valence-corrected chi connectivity index (χ2v) is 5.98. The first-order valence-corrected chi connectivity index (χ1v) is 7.79.